The maximum Gasteiger partial charge on any atom is 0.214 e. The summed E-state index contributed by atoms with van der Waals surface area (Å²) in [5, 5.41) is 1.03. The van der Waals surface area contributed by atoms with Gasteiger partial charge in [0.2, 0.25) is 10.0 Å². The van der Waals surface area contributed by atoms with Crippen molar-refractivity contribution in [2.24, 2.45) is 11.8 Å². The van der Waals surface area contributed by atoms with E-state index < -0.39 is 10.0 Å². The molecule has 0 spiro atoms. The zero-order valence-corrected chi connectivity index (χ0v) is 20.6. The highest BCUT2D eigenvalue weighted by Crippen LogP contribution is 2.33. The van der Waals surface area contributed by atoms with Crippen molar-refractivity contribution >= 4 is 26.9 Å². The third-order valence-corrected chi connectivity index (χ3v) is 9.59. The first kappa shape index (κ1) is 23.2. The van der Waals surface area contributed by atoms with Gasteiger partial charge in [-0.3, -0.25) is 4.98 Å². The monoisotopic (exact) mass is 482 g/mol. The zero-order chi connectivity index (χ0) is 23.5. The van der Waals surface area contributed by atoms with Gasteiger partial charge < -0.3 is 9.88 Å². The number of fused-ring (bicyclic) bond motifs is 1. The van der Waals surface area contributed by atoms with E-state index in [0.29, 0.717) is 25.0 Å². The van der Waals surface area contributed by atoms with Gasteiger partial charge in [-0.05, 0) is 75.0 Å². The van der Waals surface area contributed by atoms with Gasteiger partial charge in [0, 0.05) is 44.3 Å². The summed E-state index contributed by atoms with van der Waals surface area (Å²) in [6.45, 7) is 1.27. The molecule has 5 rings (SSSR count). The molecule has 0 radical (unpaired) electrons. The van der Waals surface area contributed by atoms with Crippen molar-refractivity contribution in [2.45, 2.75) is 51.0 Å². The molecule has 0 aromatic carbocycles. The molecule has 1 aliphatic heterocycles. The second-order valence-electron chi connectivity index (χ2n) is 9.89. The minimum atomic E-state index is -3.24. The van der Waals surface area contributed by atoms with Crippen molar-refractivity contribution in [1.82, 2.24) is 24.2 Å². The molecule has 1 saturated carbocycles. The van der Waals surface area contributed by atoms with Crippen molar-refractivity contribution in [3.63, 3.8) is 0 Å². The lowest BCUT2D eigenvalue weighted by Gasteiger charge is -2.37. The third-order valence-electron chi connectivity index (χ3n) is 7.58. The number of piperidine rings is 1. The molecule has 1 N–H and O–H groups in total. The topological polar surface area (TPSA) is 95.1 Å². The lowest BCUT2D eigenvalue weighted by Crippen LogP contribution is -2.44. The van der Waals surface area contributed by atoms with Gasteiger partial charge in [0.15, 0.2) is 0 Å². The van der Waals surface area contributed by atoms with Crippen LogP contribution in [0.3, 0.4) is 0 Å². The second-order valence-corrected chi connectivity index (χ2v) is 11.9. The molecule has 2 aliphatic rings. The molecule has 0 amide bonds. The summed E-state index contributed by atoms with van der Waals surface area (Å²) in [4.78, 5) is 18.6. The number of nitrogens with one attached hydrogen (secondary N) is 1. The predicted molar refractivity (Wildman–Crippen MR) is 134 cm³/mol. The summed E-state index contributed by atoms with van der Waals surface area (Å²) in [5.41, 5.74) is 1.90. The van der Waals surface area contributed by atoms with E-state index in [2.05, 4.69) is 31.9 Å². The largest absolute Gasteiger partial charge is 0.356 e. The Morgan fingerprint density at radius 1 is 1.06 bits per heavy atom. The van der Waals surface area contributed by atoms with E-state index in [0.717, 1.165) is 67.5 Å². The highest BCUT2D eigenvalue weighted by atomic mass is 32.2. The predicted octanol–water partition coefficient (Wildman–Crippen LogP) is 3.63. The first-order chi connectivity index (χ1) is 16.5. The summed E-state index contributed by atoms with van der Waals surface area (Å²) >= 11 is 0. The minimum Gasteiger partial charge on any atom is -0.356 e. The van der Waals surface area contributed by atoms with Gasteiger partial charge in [-0.2, -0.15) is 0 Å². The fraction of sp³-hybridized carbons (Fsp3) is 0.560. The van der Waals surface area contributed by atoms with Gasteiger partial charge >= 0.3 is 0 Å². The summed E-state index contributed by atoms with van der Waals surface area (Å²) in [7, 11) is -1.16. The quantitative estimate of drug-likeness (QED) is 0.553. The first-order valence-electron chi connectivity index (χ1n) is 12.4. The molecule has 182 valence electrons. The maximum absolute atomic E-state index is 13.3. The number of aromatic amines is 1. The molecule has 1 unspecified atom stereocenters. The van der Waals surface area contributed by atoms with Crippen LogP contribution in [-0.4, -0.2) is 64.6 Å². The van der Waals surface area contributed by atoms with Crippen LogP contribution < -0.4 is 4.90 Å². The van der Waals surface area contributed by atoms with E-state index in [1.165, 1.54) is 0 Å². The van der Waals surface area contributed by atoms with Crippen molar-refractivity contribution in [2.75, 3.05) is 30.8 Å². The molecule has 1 aliphatic carbocycles. The van der Waals surface area contributed by atoms with E-state index in [1.54, 1.807) is 10.6 Å². The second kappa shape index (κ2) is 10.00. The van der Waals surface area contributed by atoms with Crippen molar-refractivity contribution in [3.05, 3.63) is 48.7 Å². The van der Waals surface area contributed by atoms with Gasteiger partial charge in [0.05, 0.1) is 11.1 Å². The van der Waals surface area contributed by atoms with Crippen LogP contribution in [0.4, 0.5) is 5.82 Å². The van der Waals surface area contributed by atoms with Crippen molar-refractivity contribution in [1.29, 1.82) is 0 Å². The fourth-order valence-corrected chi connectivity index (χ4v) is 7.66. The van der Waals surface area contributed by atoms with Gasteiger partial charge in [-0.1, -0.05) is 6.07 Å². The number of rotatable bonds is 7. The van der Waals surface area contributed by atoms with Crippen molar-refractivity contribution < 1.29 is 8.42 Å². The molecule has 1 atom stereocenters. The average molecular weight is 483 g/mol. The number of H-pyrrole nitrogens is 1. The Morgan fingerprint density at radius 3 is 2.71 bits per heavy atom. The fourth-order valence-electron chi connectivity index (χ4n) is 5.68. The van der Waals surface area contributed by atoms with Crippen LogP contribution in [0.5, 0.6) is 0 Å². The van der Waals surface area contributed by atoms with Gasteiger partial charge in [-0.25, -0.2) is 22.7 Å². The van der Waals surface area contributed by atoms with Crippen LogP contribution in [0.1, 0.15) is 44.2 Å². The number of hydrogen-bond donors (Lipinski definition) is 1. The number of aromatic nitrogens is 4. The summed E-state index contributed by atoms with van der Waals surface area (Å²) in [5.74, 6) is 1.79. The van der Waals surface area contributed by atoms with Crippen LogP contribution in [0.15, 0.2) is 43.0 Å². The molecule has 2 fully saturated rings. The van der Waals surface area contributed by atoms with Gasteiger partial charge in [0.25, 0.3) is 0 Å². The molecule has 9 heteroatoms. The summed E-state index contributed by atoms with van der Waals surface area (Å²) in [6.07, 6.45) is 12.0. The Kier molecular flexibility index (Phi) is 6.83. The molecule has 3 aromatic heterocycles. The highest BCUT2D eigenvalue weighted by molar-refractivity contribution is 7.89. The van der Waals surface area contributed by atoms with E-state index in [-0.39, 0.29) is 11.7 Å². The van der Waals surface area contributed by atoms with E-state index >= 15 is 0 Å². The number of nitrogens with zero attached hydrogens (tertiary/aromatic N) is 5. The third kappa shape index (κ3) is 5.10. The summed E-state index contributed by atoms with van der Waals surface area (Å²) in [6, 6.07) is 8.33. The molecule has 4 heterocycles. The molecule has 8 nitrogen and oxygen atoms in total. The van der Waals surface area contributed by atoms with Gasteiger partial charge in [0.1, 0.15) is 17.8 Å². The lowest BCUT2D eigenvalue weighted by atomic mass is 9.86. The van der Waals surface area contributed by atoms with Crippen LogP contribution in [-0.2, 0) is 16.4 Å². The van der Waals surface area contributed by atoms with Crippen LogP contribution >= 0.6 is 0 Å². The number of anilines is 1. The van der Waals surface area contributed by atoms with Crippen molar-refractivity contribution in [3.8, 4) is 0 Å². The van der Waals surface area contributed by atoms with E-state index in [1.807, 2.05) is 36.7 Å². The lowest BCUT2D eigenvalue weighted by molar-refractivity contribution is 0.260. The van der Waals surface area contributed by atoms with E-state index in [4.69, 9.17) is 0 Å². The minimum absolute atomic E-state index is 0.225. The summed E-state index contributed by atoms with van der Waals surface area (Å²) < 4.78 is 28.3. The first-order valence-corrected chi connectivity index (χ1v) is 14.0. The Morgan fingerprint density at radius 2 is 1.91 bits per heavy atom. The Bertz CT molecular complexity index is 1190. The van der Waals surface area contributed by atoms with E-state index in [9.17, 15) is 8.42 Å². The smallest absolute Gasteiger partial charge is 0.214 e. The van der Waals surface area contributed by atoms with Crippen LogP contribution in [0.2, 0.25) is 0 Å². The Balaban J connectivity index is 1.16. The standard InChI is InChI=1S/C25H34N6O2S/c1-30(25-23-11-13-27-24(23)28-18-29-25)22-9-7-19(8-10-22)17-34(32,33)31-14-4-5-20(16-31)15-21-6-2-3-12-26-21/h2-3,6,11-13,18-20,22H,4-5,7-10,14-17H2,1H3,(H,27,28,29). The average Bonchev–Trinajstić information content (AvgIpc) is 3.34. The maximum atomic E-state index is 13.3. The Labute approximate surface area is 201 Å². The molecule has 34 heavy (non-hydrogen) atoms. The number of hydrogen-bond acceptors (Lipinski definition) is 6. The Hall–Kier alpha value is -2.52. The zero-order valence-electron chi connectivity index (χ0n) is 19.8. The highest BCUT2D eigenvalue weighted by Gasteiger charge is 2.33. The molecule has 0 bridgehead atoms. The number of sulfonamides is 1. The molecular formula is C25H34N6O2S. The van der Waals surface area contributed by atoms with Crippen LogP contribution in [0.25, 0.3) is 11.0 Å². The number of pyridine rings is 1. The van der Waals surface area contributed by atoms with Crippen LogP contribution in [0, 0.1) is 11.8 Å². The molecule has 1 saturated heterocycles. The SMILES string of the molecule is CN(c1ncnc2[nH]ccc12)C1CCC(CS(=O)(=O)N2CCCC(Cc3ccccn3)C2)CC1. The normalized spacial score (nSPS) is 24.3. The molecular weight excluding hydrogens is 448 g/mol. The van der Waals surface area contributed by atoms with Gasteiger partial charge in [-0.15, -0.1) is 0 Å². The molecule has 3 aromatic rings.